The molecule has 1 aromatic carbocycles. The number of ketones is 1. The molecule has 96 valence electrons. The molecule has 0 N–H and O–H groups in total. The Morgan fingerprint density at radius 2 is 1.89 bits per heavy atom. The molecule has 18 heavy (non-hydrogen) atoms. The second-order valence-electron chi connectivity index (χ2n) is 5.80. The number of benzene rings is 1. The summed E-state index contributed by atoms with van der Waals surface area (Å²) < 4.78 is 0. The fraction of sp³-hybridized carbons (Fsp3) is 0.562. The first-order valence-electron chi connectivity index (χ1n) is 7.09. The number of hydrogen-bond acceptors (Lipinski definition) is 2. The van der Waals surface area contributed by atoms with Gasteiger partial charge < -0.3 is 4.90 Å². The third kappa shape index (κ3) is 2.64. The van der Waals surface area contributed by atoms with Crippen LogP contribution in [0, 0.1) is 11.8 Å². The Morgan fingerprint density at radius 1 is 1.11 bits per heavy atom. The molecule has 2 nitrogen and oxygen atoms in total. The van der Waals surface area contributed by atoms with Crippen LogP contribution in [0.5, 0.6) is 0 Å². The van der Waals surface area contributed by atoms with E-state index in [2.05, 4.69) is 35.2 Å². The van der Waals surface area contributed by atoms with Gasteiger partial charge in [-0.15, -0.1) is 0 Å². The summed E-state index contributed by atoms with van der Waals surface area (Å²) in [6.45, 7) is 3.50. The third-order valence-electron chi connectivity index (χ3n) is 4.50. The normalized spacial score (nSPS) is 28.3. The SMILES string of the molecule is O=C1CC[C@H]2CN(CCc3ccccc3)C[C@H]2C1. The van der Waals surface area contributed by atoms with Crippen LogP contribution in [0.25, 0.3) is 0 Å². The van der Waals surface area contributed by atoms with Crippen LogP contribution < -0.4 is 0 Å². The second-order valence-corrected chi connectivity index (χ2v) is 5.80. The van der Waals surface area contributed by atoms with E-state index in [-0.39, 0.29) is 0 Å². The Balaban J connectivity index is 1.52. The molecule has 3 rings (SSSR count). The molecule has 0 spiro atoms. The van der Waals surface area contributed by atoms with Crippen molar-refractivity contribution in [2.24, 2.45) is 11.8 Å². The van der Waals surface area contributed by atoms with E-state index in [0.717, 1.165) is 44.7 Å². The summed E-state index contributed by atoms with van der Waals surface area (Å²) in [5.74, 6) is 1.93. The van der Waals surface area contributed by atoms with Crippen LogP contribution in [-0.4, -0.2) is 30.3 Å². The summed E-state index contributed by atoms with van der Waals surface area (Å²) in [7, 11) is 0. The zero-order valence-corrected chi connectivity index (χ0v) is 10.8. The minimum atomic E-state index is 0.487. The average molecular weight is 243 g/mol. The van der Waals surface area contributed by atoms with E-state index in [0.29, 0.717) is 11.7 Å². The standard InChI is InChI=1S/C16H21NO/c18-16-7-6-14-11-17(12-15(14)10-16)9-8-13-4-2-1-3-5-13/h1-5,14-15H,6-12H2/t14-,15+/m0/s1. The fourth-order valence-electron chi connectivity index (χ4n) is 3.45. The van der Waals surface area contributed by atoms with E-state index >= 15 is 0 Å². The molecule has 0 radical (unpaired) electrons. The van der Waals surface area contributed by atoms with E-state index in [1.54, 1.807) is 0 Å². The number of nitrogens with zero attached hydrogens (tertiary/aromatic N) is 1. The molecule has 2 atom stereocenters. The molecule has 0 aromatic heterocycles. The van der Waals surface area contributed by atoms with E-state index in [1.807, 2.05) is 0 Å². The molecule has 0 unspecified atom stereocenters. The minimum Gasteiger partial charge on any atom is -0.302 e. The van der Waals surface area contributed by atoms with Gasteiger partial charge in [-0.25, -0.2) is 0 Å². The van der Waals surface area contributed by atoms with Crippen LogP contribution >= 0.6 is 0 Å². The van der Waals surface area contributed by atoms with E-state index in [1.165, 1.54) is 12.1 Å². The van der Waals surface area contributed by atoms with Crippen molar-refractivity contribution in [2.75, 3.05) is 19.6 Å². The van der Waals surface area contributed by atoms with Gasteiger partial charge in [-0.3, -0.25) is 4.79 Å². The van der Waals surface area contributed by atoms with E-state index < -0.39 is 0 Å². The fourth-order valence-corrected chi connectivity index (χ4v) is 3.45. The first kappa shape index (κ1) is 11.9. The summed E-state index contributed by atoms with van der Waals surface area (Å²) >= 11 is 0. The molecular weight excluding hydrogens is 222 g/mol. The van der Waals surface area contributed by atoms with Crippen molar-refractivity contribution in [3.8, 4) is 0 Å². The van der Waals surface area contributed by atoms with Gasteiger partial charge in [0.05, 0.1) is 0 Å². The number of carbonyl (C=O) groups is 1. The molecule has 1 aromatic rings. The summed E-state index contributed by atoms with van der Waals surface area (Å²) in [5.41, 5.74) is 1.42. The quantitative estimate of drug-likeness (QED) is 0.813. The molecule has 1 aliphatic carbocycles. The van der Waals surface area contributed by atoms with Gasteiger partial charge in [0.15, 0.2) is 0 Å². The van der Waals surface area contributed by atoms with Crippen molar-refractivity contribution in [1.82, 2.24) is 4.90 Å². The number of fused-ring (bicyclic) bond motifs is 1. The first-order chi connectivity index (χ1) is 8.81. The van der Waals surface area contributed by atoms with Gasteiger partial charge in [0, 0.05) is 32.5 Å². The highest BCUT2D eigenvalue weighted by Gasteiger charge is 2.36. The topological polar surface area (TPSA) is 20.3 Å². The molecule has 2 aliphatic rings. The zero-order valence-electron chi connectivity index (χ0n) is 10.8. The van der Waals surface area contributed by atoms with Crippen LogP contribution in [-0.2, 0) is 11.2 Å². The first-order valence-corrected chi connectivity index (χ1v) is 7.09. The maximum atomic E-state index is 11.5. The van der Waals surface area contributed by atoms with Gasteiger partial charge in [-0.05, 0) is 30.2 Å². The van der Waals surface area contributed by atoms with Crippen LogP contribution in [0.2, 0.25) is 0 Å². The average Bonchev–Trinajstić information content (AvgIpc) is 2.79. The highest BCUT2D eigenvalue weighted by molar-refractivity contribution is 5.79. The van der Waals surface area contributed by atoms with Gasteiger partial charge in [0.1, 0.15) is 5.78 Å². The Kier molecular flexibility index (Phi) is 3.46. The Bertz CT molecular complexity index is 414. The summed E-state index contributed by atoms with van der Waals surface area (Å²) in [4.78, 5) is 14.0. The lowest BCUT2D eigenvalue weighted by Gasteiger charge is -2.22. The number of rotatable bonds is 3. The lowest BCUT2D eigenvalue weighted by atomic mass is 9.81. The predicted octanol–water partition coefficient (Wildman–Crippen LogP) is 2.53. The van der Waals surface area contributed by atoms with Crippen molar-refractivity contribution in [2.45, 2.75) is 25.7 Å². The molecule has 2 fully saturated rings. The Labute approximate surface area is 109 Å². The largest absolute Gasteiger partial charge is 0.302 e. The van der Waals surface area contributed by atoms with Crippen molar-refractivity contribution in [3.63, 3.8) is 0 Å². The highest BCUT2D eigenvalue weighted by Crippen LogP contribution is 2.34. The minimum absolute atomic E-state index is 0.487. The molecule has 1 saturated carbocycles. The van der Waals surface area contributed by atoms with Crippen molar-refractivity contribution in [3.05, 3.63) is 35.9 Å². The number of hydrogen-bond donors (Lipinski definition) is 0. The maximum Gasteiger partial charge on any atom is 0.133 e. The summed E-state index contributed by atoms with van der Waals surface area (Å²) in [5, 5.41) is 0. The number of Topliss-reactive ketones (excluding diaryl/α,β-unsaturated/α-hetero) is 1. The smallest absolute Gasteiger partial charge is 0.133 e. The van der Waals surface area contributed by atoms with Crippen molar-refractivity contribution in [1.29, 1.82) is 0 Å². The molecule has 0 bridgehead atoms. The van der Waals surface area contributed by atoms with Crippen LogP contribution in [0.15, 0.2) is 30.3 Å². The molecule has 0 amide bonds. The lowest BCUT2D eigenvalue weighted by molar-refractivity contribution is -0.122. The van der Waals surface area contributed by atoms with Gasteiger partial charge in [0.2, 0.25) is 0 Å². The zero-order chi connectivity index (χ0) is 12.4. The third-order valence-corrected chi connectivity index (χ3v) is 4.50. The van der Waals surface area contributed by atoms with Gasteiger partial charge >= 0.3 is 0 Å². The molecule has 1 heterocycles. The van der Waals surface area contributed by atoms with Crippen LogP contribution in [0.3, 0.4) is 0 Å². The van der Waals surface area contributed by atoms with Crippen molar-refractivity contribution >= 4 is 5.78 Å². The van der Waals surface area contributed by atoms with Crippen LogP contribution in [0.4, 0.5) is 0 Å². The van der Waals surface area contributed by atoms with Crippen molar-refractivity contribution < 1.29 is 4.79 Å². The monoisotopic (exact) mass is 243 g/mol. The molecular formula is C16H21NO. The van der Waals surface area contributed by atoms with E-state index in [9.17, 15) is 4.79 Å². The number of likely N-dealkylation sites (tertiary alicyclic amines) is 1. The summed E-state index contributed by atoms with van der Waals surface area (Å²) in [6, 6.07) is 10.7. The predicted molar refractivity (Wildman–Crippen MR) is 72.4 cm³/mol. The molecule has 1 saturated heterocycles. The maximum absolute atomic E-state index is 11.5. The van der Waals surface area contributed by atoms with Gasteiger partial charge in [-0.1, -0.05) is 30.3 Å². The Hall–Kier alpha value is -1.15. The molecule has 1 aliphatic heterocycles. The van der Waals surface area contributed by atoms with Gasteiger partial charge in [-0.2, -0.15) is 0 Å². The highest BCUT2D eigenvalue weighted by atomic mass is 16.1. The van der Waals surface area contributed by atoms with Gasteiger partial charge in [0.25, 0.3) is 0 Å². The second kappa shape index (κ2) is 5.23. The lowest BCUT2D eigenvalue weighted by Crippen LogP contribution is -2.23. The summed E-state index contributed by atoms with van der Waals surface area (Å²) in [6.07, 6.45) is 3.93. The van der Waals surface area contributed by atoms with Crippen LogP contribution in [0.1, 0.15) is 24.8 Å². The Morgan fingerprint density at radius 3 is 2.72 bits per heavy atom. The molecule has 2 heteroatoms. The van der Waals surface area contributed by atoms with E-state index in [4.69, 9.17) is 0 Å². The number of carbonyl (C=O) groups excluding carboxylic acids is 1.